The normalized spacial score (nSPS) is 38.2. The molecule has 0 bridgehead atoms. The molecule has 0 aromatic rings. The summed E-state index contributed by atoms with van der Waals surface area (Å²) in [6, 6.07) is 0. The fourth-order valence-corrected chi connectivity index (χ4v) is 4.76. The van der Waals surface area contributed by atoms with Crippen LogP contribution in [0.1, 0.15) is 52.4 Å². The first kappa shape index (κ1) is 13.0. The van der Waals surface area contributed by atoms with Crippen LogP contribution in [0.25, 0.3) is 0 Å². The molecular weight excluding hydrogens is 252 g/mol. The van der Waals surface area contributed by atoms with Crippen LogP contribution in [-0.4, -0.2) is 24.8 Å². The van der Waals surface area contributed by atoms with Crippen molar-refractivity contribution in [1.29, 1.82) is 0 Å². The second kappa shape index (κ2) is 4.17. The molecule has 1 spiro atoms. The quantitative estimate of drug-likeness (QED) is 0.681. The summed E-state index contributed by atoms with van der Waals surface area (Å²) >= 11 is 0. The van der Waals surface area contributed by atoms with E-state index in [0.29, 0.717) is 17.6 Å². The highest BCUT2D eigenvalue weighted by Gasteiger charge is 2.50. The van der Waals surface area contributed by atoms with Crippen molar-refractivity contribution in [3.63, 3.8) is 0 Å². The van der Waals surface area contributed by atoms with Crippen LogP contribution >= 0.6 is 0 Å². The van der Waals surface area contributed by atoms with E-state index in [9.17, 15) is 4.79 Å². The maximum Gasteiger partial charge on any atom is 0.162 e. The molecule has 0 unspecified atom stereocenters. The number of rotatable bonds is 0. The summed E-state index contributed by atoms with van der Waals surface area (Å²) in [4.78, 5) is 12.2. The predicted octanol–water partition coefficient (Wildman–Crippen LogP) is 3.24. The Bertz CT molecular complexity index is 478. The van der Waals surface area contributed by atoms with Crippen molar-refractivity contribution < 1.29 is 14.3 Å². The van der Waals surface area contributed by atoms with Gasteiger partial charge in [-0.05, 0) is 63.4 Å². The Balaban J connectivity index is 1.63. The minimum atomic E-state index is -0.442. The molecule has 3 nitrogen and oxygen atoms in total. The van der Waals surface area contributed by atoms with Gasteiger partial charge in [-0.15, -0.1) is 0 Å². The number of allylic oxidation sites excluding steroid dienone is 2. The average molecular weight is 276 g/mol. The third-order valence-electron chi connectivity index (χ3n) is 5.83. The molecule has 0 aromatic heterocycles. The third kappa shape index (κ3) is 1.90. The molecule has 3 heteroatoms. The van der Waals surface area contributed by atoms with Crippen molar-refractivity contribution in [2.24, 2.45) is 17.3 Å². The van der Waals surface area contributed by atoms with Gasteiger partial charge in [-0.25, -0.2) is 0 Å². The monoisotopic (exact) mass is 276 g/mol. The summed E-state index contributed by atoms with van der Waals surface area (Å²) in [5, 5.41) is 0. The molecule has 0 radical (unpaired) electrons. The highest BCUT2D eigenvalue weighted by Crippen LogP contribution is 2.56. The molecule has 20 heavy (non-hydrogen) atoms. The van der Waals surface area contributed by atoms with E-state index in [2.05, 4.69) is 0 Å². The van der Waals surface area contributed by atoms with E-state index >= 15 is 0 Å². The first-order valence-corrected chi connectivity index (χ1v) is 8.02. The number of hydrogen-bond donors (Lipinski definition) is 0. The van der Waals surface area contributed by atoms with Crippen LogP contribution in [0.4, 0.5) is 0 Å². The van der Waals surface area contributed by atoms with Gasteiger partial charge in [0, 0.05) is 11.8 Å². The van der Waals surface area contributed by atoms with E-state index in [-0.39, 0.29) is 5.41 Å². The molecule has 1 aliphatic heterocycles. The van der Waals surface area contributed by atoms with E-state index in [1.54, 1.807) is 0 Å². The number of carbonyl (C=O) groups is 1. The first-order valence-electron chi connectivity index (χ1n) is 8.02. The van der Waals surface area contributed by atoms with Crippen LogP contribution in [0, 0.1) is 17.3 Å². The standard InChI is InChI=1S/C17H24O3/c1-16(2)19-9-17(10-20-16)7-12-4-3-11-5-6-14(18)15(11)13(12)8-17/h11-12H,3-10H2,1-2H3/t11-,12+/m1/s1. The highest BCUT2D eigenvalue weighted by molar-refractivity contribution is 5.99. The van der Waals surface area contributed by atoms with Crippen molar-refractivity contribution in [2.45, 2.75) is 58.2 Å². The lowest BCUT2D eigenvalue weighted by atomic mass is 9.79. The van der Waals surface area contributed by atoms with Gasteiger partial charge in [0.2, 0.25) is 0 Å². The number of Topliss-reactive ketones (excluding diaryl/α,β-unsaturated/α-hetero) is 1. The minimum Gasteiger partial charge on any atom is -0.350 e. The summed E-state index contributed by atoms with van der Waals surface area (Å²) in [6.07, 6.45) is 6.55. The van der Waals surface area contributed by atoms with Gasteiger partial charge < -0.3 is 9.47 Å². The molecule has 2 saturated carbocycles. The van der Waals surface area contributed by atoms with Crippen LogP contribution in [0.5, 0.6) is 0 Å². The lowest BCUT2D eigenvalue weighted by molar-refractivity contribution is -0.284. The summed E-state index contributed by atoms with van der Waals surface area (Å²) in [5.41, 5.74) is 2.85. The molecule has 0 amide bonds. The molecule has 4 aliphatic rings. The summed E-state index contributed by atoms with van der Waals surface area (Å²) in [6.45, 7) is 5.54. The van der Waals surface area contributed by atoms with Gasteiger partial charge in [-0.2, -0.15) is 0 Å². The number of ketones is 1. The zero-order valence-electron chi connectivity index (χ0n) is 12.5. The van der Waals surface area contributed by atoms with Gasteiger partial charge >= 0.3 is 0 Å². The highest BCUT2D eigenvalue weighted by atomic mass is 16.7. The summed E-state index contributed by atoms with van der Waals surface area (Å²) in [5.74, 6) is 1.19. The van der Waals surface area contributed by atoms with Crippen LogP contribution < -0.4 is 0 Å². The fourth-order valence-electron chi connectivity index (χ4n) is 4.76. The van der Waals surface area contributed by atoms with Gasteiger partial charge in [-0.1, -0.05) is 5.57 Å². The summed E-state index contributed by atoms with van der Waals surface area (Å²) < 4.78 is 11.8. The Morgan fingerprint density at radius 1 is 1.05 bits per heavy atom. The topological polar surface area (TPSA) is 35.5 Å². The van der Waals surface area contributed by atoms with Crippen LogP contribution in [-0.2, 0) is 14.3 Å². The van der Waals surface area contributed by atoms with Crippen LogP contribution in [0.15, 0.2) is 11.1 Å². The Hall–Kier alpha value is -0.670. The zero-order chi connectivity index (χ0) is 14.0. The summed E-state index contributed by atoms with van der Waals surface area (Å²) in [7, 11) is 0. The molecule has 3 aliphatic carbocycles. The third-order valence-corrected chi connectivity index (χ3v) is 5.83. The molecule has 2 atom stereocenters. The van der Waals surface area contributed by atoms with Crippen molar-refractivity contribution in [1.82, 2.24) is 0 Å². The number of carbonyl (C=O) groups excluding carboxylic acids is 1. The zero-order valence-corrected chi connectivity index (χ0v) is 12.5. The maximum atomic E-state index is 12.2. The van der Waals surface area contributed by atoms with E-state index in [1.165, 1.54) is 24.0 Å². The maximum absolute atomic E-state index is 12.2. The first-order chi connectivity index (χ1) is 9.48. The largest absolute Gasteiger partial charge is 0.350 e. The van der Waals surface area contributed by atoms with Crippen LogP contribution in [0.3, 0.4) is 0 Å². The Morgan fingerprint density at radius 2 is 1.75 bits per heavy atom. The van der Waals surface area contributed by atoms with Gasteiger partial charge in [0.05, 0.1) is 13.2 Å². The van der Waals surface area contributed by atoms with E-state index in [0.717, 1.165) is 38.9 Å². The molecule has 1 saturated heterocycles. The van der Waals surface area contributed by atoms with E-state index < -0.39 is 5.79 Å². The van der Waals surface area contributed by atoms with E-state index in [1.807, 2.05) is 13.8 Å². The molecule has 110 valence electrons. The second-order valence-electron chi connectivity index (χ2n) is 7.73. The smallest absolute Gasteiger partial charge is 0.162 e. The van der Waals surface area contributed by atoms with Crippen molar-refractivity contribution in [3.8, 4) is 0 Å². The van der Waals surface area contributed by atoms with Crippen molar-refractivity contribution in [2.75, 3.05) is 13.2 Å². The predicted molar refractivity (Wildman–Crippen MR) is 75.1 cm³/mol. The van der Waals surface area contributed by atoms with Crippen LogP contribution in [0.2, 0.25) is 0 Å². The van der Waals surface area contributed by atoms with Gasteiger partial charge in [0.1, 0.15) is 0 Å². The molecular formula is C17H24O3. The van der Waals surface area contributed by atoms with Crippen molar-refractivity contribution in [3.05, 3.63) is 11.1 Å². The Labute approximate surface area is 120 Å². The lowest BCUT2D eigenvalue weighted by Crippen LogP contribution is -2.45. The average Bonchev–Trinajstić information content (AvgIpc) is 2.95. The lowest BCUT2D eigenvalue weighted by Gasteiger charge is -2.41. The fraction of sp³-hybridized carbons (Fsp3) is 0.824. The molecule has 1 heterocycles. The van der Waals surface area contributed by atoms with E-state index in [4.69, 9.17) is 9.47 Å². The second-order valence-corrected chi connectivity index (χ2v) is 7.73. The number of fused-ring (bicyclic) bond motifs is 2. The number of ether oxygens (including phenoxy) is 2. The van der Waals surface area contributed by atoms with Gasteiger partial charge in [-0.3, -0.25) is 4.79 Å². The van der Waals surface area contributed by atoms with Gasteiger partial charge in [0.25, 0.3) is 0 Å². The Kier molecular flexibility index (Phi) is 2.72. The van der Waals surface area contributed by atoms with Crippen molar-refractivity contribution >= 4 is 5.78 Å². The SMILES string of the molecule is CC1(C)OCC2(CO1)CC1=C3C(=O)CC[C@H]3CC[C@H]1C2. The molecule has 3 fully saturated rings. The minimum absolute atomic E-state index is 0.139. The Morgan fingerprint density at radius 3 is 2.50 bits per heavy atom. The molecule has 0 aromatic carbocycles. The molecule has 0 N–H and O–H groups in total. The molecule has 4 rings (SSSR count). The van der Waals surface area contributed by atoms with Gasteiger partial charge in [0.15, 0.2) is 11.6 Å². The number of hydrogen-bond acceptors (Lipinski definition) is 3.